The highest BCUT2D eigenvalue weighted by atomic mass is 16.6. The highest BCUT2D eigenvalue weighted by Crippen LogP contribution is 2.18. The Bertz CT molecular complexity index is 1210. The average molecular weight is 994 g/mol. The van der Waals surface area contributed by atoms with Crippen LogP contribution in [0.1, 0.15) is 328 Å². The lowest BCUT2D eigenvalue weighted by Crippen LogP contribution is -2.28. The molecule has 0 rings (SSSR count). The van der Waals surface area contributed by atoms with Crippen molar-refractivity contribution in [2.24, 2.45) is 0 Å². The largest absolute Gasteiger partial charge is 0.462 e. The number of aliphatic hydroxyl groups is 1. The molecular weight excluding hydrogens is 873 g/mol. The zero-order valence-electron chi connectivity index (χ0n) is 47.5. The Labute approximate surface area is 442 Å². The van der Waals surface area contributed by atoms with E-state index >= 15 is 0 Å². The molecule has 0 aromatic rings. The van der Waals surface area contributed by atoms with Crippen molar-refractivity contribution in [3.05, 3.63) is 60.8 Å². The first kappa shape index (κ1) is 68.6. The van der Waals surface area contributed by atoms with Gasteiger partial charge in [-0.15, -0.1) is 0 Å². The number of hydrogen-bond acceptors (Lipinski definition) is 5. The molecule has 414 valence electrons. The van der Waals surface area contributed by atoms with Crippen LogP contribution in [0.15, 0.2) is 60.8 Å². The Hall–Kier alpha value is -2.40. The molecule has 0 saturated heterocycles. The molecule has 0 bridgehead atoms. The van der Waals surface area contributed by atoms with Gasteiger partial charge in [-0.2, -0.15) is 0 Å². The normalized spacial score (nSPS) is 12.5. The summed E-state index contributed by atoms with van der Waals surface area (Å²) in [5, 5.41) is 9.67. The van der Waals surface area contributed by atoms with E-state index in [0.29, 0.717) is 12.8 Å². The van der Waals surface area contributed by atoms with Crippen LogP contribution in [-0.2, 0) is 19.1 Å². The van der Waals surface area contributed by atoms with Crippen molar-refractivity contribution < 1.29 is 24.2 Å². The maximum atomic E-state index is 12.3. The number of hydrogen-bond donors (Lipinski definition) is 1. The quantitative estimate of drug-likeness (QED) is 0.0373. The zero-order chi connectivity index (χ0) is 51.3. The summed E-state index contributed by atoms with van der Waals surface area (Å²) >= 11 is 0. The summed E-state index contributed by atoms with van der Waals surface area (Å²) in [7, 11) is 0. The first-order chi connectivity index (χ1) is 35.1. The lowest BCUT2D eigenvalue weighted by atomic mass is 10.0. The molecule has 0 radical (unpaired) electrons. The van der Waals surface area contributed by atoms with Crippen molar-refractivity contribution in [2.45, 2.75) is 335 Å². The minimum Gasteiger partial charge on any atom is -0.462 e. The molecule has 0 aliphatic heterocycles. The van der Waals surface area contributed by atoms with Gasteiger partial charge in [-0.25, -0.2) is 0 Å². The molecule has 0 fully saturated rings. The van der Waals surface area contributed by atoms with Crippen LogP contribution in [0.25, 0.3) is 0 Å². The average Bonchev–Trinajstić information content (AvgIpc) is 3.37. The van der Waals surface area contributed by atoms with E-state index in [1.807, 2.05) is 0 Å². The summed E-state index contributed by atoms with van der Waals surface area (Å²) in [5.74, 6) is -0.570. The van der Waals surface area contributed by atoms with Crippen molar-refractivity contribution in [2.75, 3.05) is 13.2 Å². The monoisotopic (exact) mass is 993 g/mol. The molecule has 1 unspecified atom stereocenters. The van der Waals surface area contributed by atoms with E-state index in [2.05, 4.69) is 74.6 Å². The van der Waals surface area contributed by atoms with E-state index in [-0.39, 0.29) is 25.2 Å². The number of unbranched alkanes of at least 4 members (excludes halogenated alkanes) is 40. The van der Waals surface area contributed by atoms with Gasteiger partial charge in [0.25, 0.3) is 0 Å². The minimum absolute atomic E-state index is 0.0600. The predicted molar refractivity (Wildman–Crippen MR) is 311 cm³/mol. The summed E-state index contributed by atoms with van der Waals surface area (Å²) in [6.45, 7) is 4.08. The van der Waals surface area contributed by atoms with Gasteiger partial charge in [-0.05, 0) is 57.8 Å². The van der Waals surface area contributed by atoms with Gasteiger partial charge in [0.2, 0.25) is 0 Å². The van der Waals surface area contributed by atoms with Crippen molar-refractivity contribution >= 4 is 11.9 Å². The maximum Gasteiger partial charge on any atom is 0.306 e. The van der Waals surface area contributed by atoms with Crippen LogP contribution in [0, 0.1) is 0 Å². The Morgan fingerprint density at radius 3 is 0.915 bits per heavy atom. The second-order valence-electron chi connectivity index (χ2n) is 21.1. The number of carbonyl (C=O) groups is 2. The zero-order valence-corrected chi connectivity index (χ0v) is 47.5. The molecule has 1 N–H and O–H groups in total. The second kappa shape index (κ2) is 61.9. The molecule has 0 aromatic carbocycles. The molecule has 5 nitrogen and oxygen atoms in total. The highest BCUT2D eigenvalue weighted by Gasteiger charge is 2.16. The van der Waals surface area contributed by atoms with Gasteiger partial charge in [0, 0.05) is 12.8 Å². The fourth-order valence-corrected chi connectivity index (χ4v) is 9.41. The second-order valence-corrected chi connectivity index (χ2v) is 21.1. The van der Waals surface area contributed by atoms with E-state index in [0.717, 1.165) is 64.2 Å². The number of ether oxygens (including phenoxy) is 2. The molecule has 0 amide bonds. The van der Waals surface area contributed by atoms with Crippen molar-refractivity contribution in [1.82, 2.24) is 0 Å². The van der Waals surface area contributed by atoms with Gasteiger partial charge >= 0.3 is 11.9 Å². The molecule has 1 atom stereocenters. The number of allylic oxidation sites excluding steroid dienone is 10. The van der Waals surface area contributed by atoms with Crippen LogP contribution in [-0.4, -0.2) is 36.4 Å². The van der Waals surface area contributed by atoms with Crippen LogP contribution >= 0.6 is 0 Å². The van der Waals surface area contributed by atoms with Gasteiger partial charge in [0.15, 0.2) is 6.10 Å². The summed E-state index contributed by atoms with van der Waals surface area (Å²) in [5.41, 5.74) is 0. The summed E-state index contributed by atoms with van der Waals surface area (Å²) in [6.07, 6.45) is 83.7. The molecular formula is C66H120O5. The molecule has 5 heteroatoms. The number of rotatable bonds is 58. The number of carbonyl (C=O) groups excluding carboxylic acids is 2. The summed E-state index contributed by atoms with van der Waals surface area (Å²) in [4.78, 5) is 24.6. The fraction of sp³-hybridized carbons (Fsp3) is 0.818. The SMILES string of the molecule is CC/C=C\C/C=C\C/C=C\C/C=C\C/C=C\CCCCCCCCCCCCCCCCCCCCCCCC(=O)OC(CO)COC(=O)CCCCCCCCCCCCCCCCCCCCCC. The standard InChI is InChI=1S/C66H120O5/c1-3-5-7-9-11-13-15-17-19-21-23-25-26-27-28-29-30-31-32-33-34-35-36-37-38-39-40-41-43-45-47-49-51-53-55-57-59-61-66(69)71-64(62-67)63-70-65(68)60-58-56-54-52-50-48-46-44-42-24-22-20-18-16-14-12-10-8-6-4-2/h5,7,11,13,17,19,23,25,27-28,64,67H,3-4,6,8-10,12,14-16,18,20-22,24,26,29-63H2,1-2H3/b7-5-,13-11-,19-17-,25-23-,28-27-. The van der Waals surface area contributed by atoms with Crippen molar-refractivity contribution in [1.29, 1.82) is 0 Å². The lowest BCUT2D eigenvalue weighted by molar-refractivity contribution is -0.161. The first-order valence-corrected chi connectivity index (χ1v) is 31.3. The van der Waals surface area contributed by atoms with E-state index in [4.69, 9.17) is 9.47 Å². The summed E-state index contributed by atoms with van der Waals surface area (Å²) in [6, 6.07) is 0. The van der Waals surface area contributed by atoms with Gasteiger partial charge in [-0.3, -0.25) is 9.59 Å². The third-order valence-electron chi connectivity index (χ3n) is 14.1. The Balaban J connectivity index is 3.41. The molecule has 0 aliphatic rings. The van der Waals surface area contributed by atoms with E-state index in [1.54, 1.807) is 0 Å². The van der Waals surface area contributed by atoms with Crippen LogP contribution in [0.3, 0.4) is 0 Å². The van der Waals surface area contributed by atoms with Crippen LogP contribution < -0.4 is 0 Å². The molecule has 0 spiro atoms. The third-order valence-corrected chi connectivity index (χ3v) is 14.1. The molecule has 71 heavy (non-hydrogen) atoms. The van der Waals surface area contributed by atoms with Gasteiger partial charge in [0.05, 0.1) is 6.61 Å². The molecule has 0 aromatic heterocycles. The van der Waals surface area contributed by atoms with Crippen LogP contribution in [0.5, 0.6) is 0 Å². The fourth-order valence-electron chi connectivity index (χ4n) is 9.41. The maximum absolute atomic E-state index is 12.3. The first-order valence-electron chi connectivity index (χ1n) is 31.3. The van der Waals surface area contributed by atoms with Crippen molar-refractivity contribution in [3.63, 3.8) is 0 Å². The van der Waals surface area contributed by atoms with E-state index in [1.165, 1.54) is 238 Å². The topological polar surface area (TPSA) is 72.8 Å². The number of aliphatic hydroxyl groups excluding tert-OH is 1. The Morgan fingerprint density at radius 1 is 0.338 bits per heavy atom. The van der Waals surface area contributed by atoms with Gasteiger partial charge in [0.1, 0.15) is 6.61 Å². The van der Waals surface area contributed by atoms with Gasteiger partial charge < -0.3 is 14.6 Å². The van der Waals surface area contributed by atoms with Gasteiger partial charge in [-0.1, -0.05) is 319 Å². The lowest BCUT2D eigenvalue weighted by Gasteiger charge is -2.15. The van der Waals surface area contributed by atoms with E-state index in [9.17, 15) is 14.7 Å². The molecule has 0 saturated carbocycles. The number of esters is 2. The Kier molecular flexibility index (Phi) is 59.8. The van der Waals surface area contributed by atoms with Crippen LogP contribution in [0.4, 0.5) is 0 Å². The third kappa shape index (κ3) is 60.1. The minimum atomic E-state index is -0.769. The van der Waals surface area contributed by atoms with Crippen molar-refractivity contribution in [3.8, 4) is 0 Å². The Morgan fingerprint density at radius 2 is 0.606 bits per heavy atom. The molecule has 0 heterocycles. The van der Waals surface area contributed by atoms with Crippen LogP contribution in [0.2, 0.25) is 0 Å². The molecule has 0 aliphatic carbocycles. The highest BCUT2D eigenvalue weighted by molar-refractivity contribution is 5.70. The summed E-state index contributed by atoms with van der Waals surface area (Å²) < 4.78 is 10.7. The predicted octanol–water partition coefficient (Wildman–Crippen LogP) is 21.4. The smallest absolute Gasteiger partial charge is 0.306 e. The van der Waals surface area contributed by atoms with E-state index < -0.39 is 6.10 Å².